The van der Waals surface area contributed by atoms with Gasteiger partial charge in [-0.3, -0.25) is 0 Å². The van der Waals surface area contributed by atoms with Gasteiger partial charge in [-0.25, -0.2) is 0 Å². The van der Waals surface area contributed by atoms with E-state index in [4.69, 9.17) is 4.74 Å². The third-order valence-electron chi connectivity index (χ3n) is 2.89. The number of allylic oxidation sites excluding steroid dienone is 1. The van der Waals surface area contributed by atoms with E-state index in [9.17, 15) is 21.6 Å². The molecule has 1 aromatic carbocycles. The molecule has 1 aromatic rings. The lowest BCUT2D eigenvalue weighted by Crippen LogP contribution is -2.26. The Hall–Kier alpha value is -1.70. The first-order valence-electron chi connectivity index (χ1n) is 6.22. The molecular weight excluding hydrogens is 309 g/mol. The van der Waals surface area contributed by atoms with Crippen LogP contribution in [0, 0.1) is 0 Å². The fourth-order valence-electron chi connectivity index (χ4n) is 1.88. The second-order valence-electron chi connectivity index (χ2n) is 4.45. The van der Waals surface area contributed by atoms with Gasteiger partial charge in [0, 0.05) is 0 Å². The van der Waals surface area contributed by atoms with E-state index < -0.39 is 27.7 Å². The van der Waals surface area contributed by atoms with E-state index in [1.165, 1.54) is 6.08 Å². The number of ether oxygens (including phenoxy) is 1. The molecule has 0 saturated heterocycles. The van der Waals surface area contributed by atoms with Crippen molar-refractivity contribution in [3.05, 3.63) is 47.9 Å². The maximum atomic E-state index is 12.3. The molecule has 1 atom stereocenters. The van der Waals surface area contributed by atoms with Crippen LogP contribution in [0.5, 0.6) is 0 Å². The van der Waals surface area contributed by atoms with Gasteiger partial charge in [-0.05, 0) is 30.9 Å². The summed E-state index contributed by atoms with van der Waals surface area (Å²) in [5.41, 5.74) is -4.73. The molecule has 1 aliphatic heterocycles. The highest BCUT2D eigenvalue weighted by atomic mass is 32.2. The van der Waals surface area contributed by atoms with Crippen LogP contribution in [-0.2, 0) is 19.0 Å². The number of hydrogen-bond acceptors (Lipinski definition) is 4. The number of rotatable bonds is 3. The van der Waals surface area contributed by atoms with Crippen molar-refractivity contribution in [3.63, 3.8) is 0 Å². The van der Waals surface area contributed by atoms with Gasteiger partial charge < -0.3 is 8.92 Å². The van der Waals surface area contributed by atoms with Crippen LogP contribution in [0.15, 0.2) is 42.4 Å². The van der Waals surface area contributed by atoms with Crippen LogP contribution < -0.4 is 0 Å². The van der Waals surface area contributed by atoms with E-state index in [0.717, 1.165) is 5.56 Å². The number of benzene rings is 1. The summed E-state index contributed by atoms with van der Waals surface area (Å²) in [6.45, 7) is 0. The molecule has 1 unspecified atom stereocenters. The highest BCUT2D eigenvalue weighted by molar-refractivity contribution is 7.87. The maximum Gasteiger partial charge on any atom is 0.534 e. The number of halogens is 3. The summed E-state index contributed by atoms with van der Waals surface area (Å²) in [4.78, 5) is 0. The zero-order chi connectivity index (χ0) is 15.5. The third-order valence-corrected chi connectivity index (χ3v) is 3.84. The minimum absolute atomic E-state index is 0.381. The topological polar surface area (TPSA) is 52.6 Å². The molecule has 1 aliphatic rings. The summed E-state index contributed by atoms with van der Waals surface area (Å²) in [7, 11) is -5.71. The van der Waals surface area contributed by atoms with Gasteiger partial charge in [0.25, 0.3) is 5.95 Å². The van der Waals surface area contributed by atoms with Crippen molar-refractivity contribution in [1.82, 2.24) is 0 Å². The smallest absolute Gasteiger partial charge is 0.457 e. The van der Waals surface area contributed by atoms with Crippen LogP contribution >= 0.6 is 0 Å². The van der Waals surface area contributed by atoms with Crippen molar-refractivity contribution in [2.24, 2.45) is 0 Å². The van der Waals surface area contributed by atoms with Crippen LogP contribution in [0.3, 0.4) is 0 Å². The molecule has 1 heterocycles. The predicted molar refractivity (Wildman–Crippen MR) is 68.3 cm³/mol. The molecule has 0 fully saturated rings. The Kier molecular flexibility index (Phi) is 4.46. The first-order valence-corrected chi connectivity index (χ1v) is 7.63. The first kappa shape index (κ1) is 15.7. The van der Waals surface area contributed by atoms with Gasteiger partial charge in [-0.2, -0.15) is 21.6 Å². The van der Waals surface area contributed by atoms with E-state index in [1.807, 2.05) is 0 Å². The van der Waals surface area contributed by atoms with Crippen molar-refractivity contribution in [3.8, 4) is 0 Å². The molecule has 0 aromatic heterocycles. The predicted octanol–water partition coefficient (Wildman–Crippen LogP) is 3.64. The van der Waals surface area contributed by atoms with E-state index in [1.54, 1.807) is 30.3 Å². The summed E-state index contributed by atoms with van der Waals surface area (Å²) in [6, 6.07) is 8.83. The van der Waals surface area contributed by atoms with Gasteiger partial charge in [0.2, 0.25) is 0 Å². The Balaban J connectivity index is 2.16. The molecule has 0 bridgehead atoms. The molecule has 21 heavy (non-hydrogen) atoms. The number of alkyl halides is 3. The Morgan fingerprint density at radius 2 is 1.86 bits per heavy atom. The van der Waals surface area contributed by atoms with Crippen LogP contribution in [0.1, 0.15) is 30.9 Å². The van der Waals surface area contributed by atoms with Crippen molar-refractivity contribution in [2.45, 2.75) is 30.9 Å². The minimum Gasteiger partial charge on any atom is -0.457 e. The largest absolute Gasteiger partial charge is 0.534 e. The van der Waals surface area contributed by atoms with E-state index in [0.29, 0.717) is 19.3 Å². The normalized spacial score (nSPS) is 20.1. The zero-order valence-corrected chi connectivity index (χ0v) is 11.7. The molecule has 0 saturated carbocycles. The monoisotopic (exact) mass is 322 g/mol. The Morgan fingerprint density at radius 1 is 1.19 bits per heavy atom. The molecule has 0 N–H and O–H groups in total. The molecule has 4 nitrogen and oxygen atoms in total. The SMILES string of the molecule is O=S(=O)(OC1=CCCCC(c2ccccc2)O1)C(F)(F)F. The zero-order valence-electron chi connectivity index (χ0n) is 10.8. The van der Waals surface area contributed by atoms with Crippen molar-refractivity contribution >= 4 is 10.1 Å². The van der Waals surface area contributed by atoms with Gasteiger partial charge in [-0.15, -0.1) is 0 Å². The van der Waals surface area contributed by atoms with Crippen LogP contribution in [-0.4, -0.2) is 13.9 Å². The van der Waals surface area contributed by atoms with Crippen LogP contribution in [0.25, 0.3) is 0 Å². The van der Waals surface area contributed by atoms with Gasteiger partial charge in [0.15, 0.2) is 0 Å². The second-order valence-corrected chi connectivity index (χ2v) is 5.99. The molecule has 2 rings (SSSR count). The first-order chi connectivity index (χ1) is 9.79. The summed E-state index contributed by atoms with van der Waals surface area (Å²) < 4.78 is 68.3. The molecule has 8 heteroatoms. The molecule has 0 spiro atoms. The summed E-state index contributed by atoms with van der Waals surface area (Å²) >= 11 is 0. The standard InChI is InChI=1S/C13H13F3O4S/c14-13(15,16)21(17,18)20-12-9-5-4-8-11(19-12)10-6-2-1-3-7-10/h1-3,6-7,9,11H,4-5,8H2. The Bertz CT molecular complexity index is 608. The summed E-state index contributed by atoms with van der Waals surface area (Å²) in [5, 5.41) is 0. The minimum atomic E-state index is -5.71. The van der Waals surface area contributed by atoms with Crippen molar-refractivity contribution in [1.29, 1.82) is 0 Å². The van der Waals surface area contributed by atoms with E-state index in [-0.39, 0.29) is 0 Å². The van der Waals surface area contributed by atoms with E-state index >= 15 is 0 Å². The quantitative estimate of drug-likeness (QED) is 0.630. The molecular formula is C13H13F3O4S. The van der Waals surface area contributed by atoms with Crippen LogP contribution in [0.2, 0.25) is 0 Å². The number of hydrogen-bond donors (Lipinski definition) is 0. The van der Waals surface area contributed by atoms with E-state index in [2.05, 4.69) is 4.18 Å². The lowest BCUT2D eigenvalue weighted by molar-refractivity contribution is -0.0586. The summed E-state index contributed by atoms with van der Waals surface area (Å²) in [5.74, 6) is -0.626. The second kappa shape index (κ2) is 5.97. The fraction of sp³-hybridized carbons (Fsp3) is 0.385. The average Bonchev–Trinajstić information content (AvgIpc) is 2.63. The van der Waals surface area contributed by atoms with Crippen molar-refractivity contribution < 1.29 is 30.5 Å². The lowest BCUT2D eigenvalue weighted by Gasteiger charge is -2.19. The fourth-order valence-corrected chi connectivity index (χ4v) is 2.30. The lowest BCUT2D eigenvalue weighted by atomic mass is 10.0. The summed E-state index contributed by atoms with van der Waals surface area (Å²) in [6.07, 6.45) is 2.26. The molecule has 0 radical (unpaired) electrons. The molecule has 0 amide bonds. The third kappa shape index (κ3) is 3.90. The highest BCUT2D eigenvalue weighted by Crippen LogP contribution is 2.33. The highest BCUT2D eigenvalue weighted by Gasteiger charge is 2.49. The van der Waals surface area contributed by atoms with Crippen LogP contribution in [0.4, 0.5) is 13.2 Å². The molecule has 0 aliphatic carbocycles. The Labute approximate surface area is 120 Å². The Morgan fingerprint density at radius 3 is 2.48 bits per heavy atom. The van der Waals surface area contributed by atoms with Gasteiger partial charge in [-0.1, -0.05) is 30.3 Å². The van der Waals surface area contributed by atoms with Gasteiger partial charge >= 0.3 is 15.6 Å². The van der Waals surface area contributed by atoms with Crippen molar-refractivity contribution in [2.75, 3.05) is 0 Å². The molecule has 116 valence electrons. The van der Waals surface area contributed by atoms with Gasteiger partial charge in [0.1, 0.15) is 6.10 Å². The maximum absolute atomic E-state index is 12.3. The van der Waals surface area contributed by atoms with Gasteiger partial charge in [0.05, 0.1) is 0 Å². The average molecular weight is 322 g/mol.